The topological polar surface area (TPSA) is 21.8 Å². The van der Waals surface area contributed by atoms with Crippen molar-refractivity contribution in [2.45, 2.75) is 44.6 Å². The Hall–Kier alpha value is -0.500. The van der Waals surface area contributed by atoms with Crippen LogP contribution in [0.5, 0.6) is 0 Å². The first-order valence-corrected chi connectivity index (χ1v) is 5.22. The average Bonchev–Trinajstić information content (AvgIpc) is 2.69. The molecule has 2 fully saturated rings. The van der Waals surface area contributed by atoms with Crippen LogP contribution >= 0.6 is 0 Å². The molecule has 0 aromatic heterocycles. The van der Waals surface area contributed by atoms with Crippen molar-refractivity contribution in [1.82, 2.24) is 0 Å². The standard InChI is InChI=1S/C11H18O2/c1-11(9-13-11)6-7-12-8-10-4-2-3-5-10/h8H,2-7,9H2,1H3. The van der Waals surface area contributed by atoms with Crippen LogP contribution in [0, 0.1) is 0 Å². The maximum absolute atomic E-state index is 5.49. The summed E-state index contributed by atoms with van der Waals surface area (Å²) in [6.07, 6.45) is 8.17. The maximum atomic E-state index is 5.49. The largest absolute Gasteiger partial charge is 0.501 e. The van der Waals surface area contributed by atoms with Crippen LogP contribution in [0.3, 0.4) is 0 Å². The molecule has 0 aromatic rings. The van der Waals surface area contributed by atoms with E-state index >= 15 is 0 Å². The summed E-state index contributed by atoms with van der Waals surface area (Å²) in [6, 6.07) is 0. The minimum Gasteiger partial charge on any atom is -0.501 e. The van der Waals surface area contributed by atoms with E-state index in [2.05, 4.69) is 6.92 Å². The highest BCUT2D eigenvalue weighted by atomic mass is 16.6. The van der Waals surface area contributed by atoms with Gasteiger partial charge >= 0.3 is 0 Å². The minimum absolute atomic E-state index is 0.147. The molecule has 0 aromatic carbocycles. The first-order chi connectivity index (χ1) is 6.29. The van der Waals surface area contributed by atoms with Gasteiger partial charge in [0.05, 0.1) is 25.1 Å². The molecule has 0 bridgehead atoms. The van der Waals surface area contributed by atoms with Gasteiger partial charge in [0, 0.05) is 6.42 Å². The minimum atomic E-state index is 0.147. The van der Waals surface area contributed by atoms with Gasteiger partial charge in [-0.2, -0.15) is 0 Å². The molecule has 0 spiro atoms. The van der Waals surface area contributed by atoms with E-state index in [0.29, 0.717) is 0 Å². The van der Waals surface area contributed by atoms with Crippen molar-refractivity contribution in [3.8, 4) is 0 Å². The lowest BCUT2D eigenvalue weighted by Crippen LogP contribution is -2.07. The number of allylic oxidation sites excluding steroid dienone is 1. The van der Waals surface area contributed by atoms with Gasteiger partial charge < -0.3 is 9.47 Å². The third-order valence-electron chi connectivity index (χ3n) is 2.88. The molecule has 0 amide bonds. The van der Waals surface area contributed by atoms with Crippen molar-refractivity contribution in [2.75, 3.05) is 13.2 Å². The molecule has 2 nitrogen and oxygen atoms in total. The third-order valence-corrected chi connectivity index (χ3v) is 2.88. The van der Waals surface area contributed by atoms with Crippen molar-refractivity contribution < 1.29 is 9.47 Å². The summed E-state index contributed by atoms with van der Waals surface area (Å²) >= 11 is 0. The highest BCUT2D eigenvalue weighted by Crippen LogP contribution is 2.29. The lowest BCUT2D eigenvalue weighted by atomic mass is 10.1. The summed E-state index contributed by atoms with van der Waals surface area (Å²) in [5.41, 5.74) is 1.63. The van der Waals surface area contributed by atoms with Gasteiger partial charge in [-0.15, -0.1) is 0 Å². The second kappa shape index (κ2) is 3.70. The van der Waals surface area contributed by atoms with Crippen LogP contribution in [-0.2, 0) is 9.47 Å². The molecule has 1 heterocycles. The van der Waals surface area contributed by atoms with E-state index in [-0.39, 0.29) is 5.60 Å². The molecule has 2 aliphatic rings. The molecule has 1 aliphatic carbocycles. The fraction of sp³-hybridized carbons (Fsp3) is 0.818. The van der Waals surface area contributed by atoms with E-state index in [1.165, 1.54) is 31.3 Å². The van der Waals surface area contributed by atoms with Crippen molar-refractivity contribution in [1.29, 1.82) is 0 Å². The van der Waals surface area contributed by atoms with Crippen LogP contribution in [-0.4, -0.2) is 18.8 Å². The number of rotatable bonds is 4. The van der Waals surface area contributed by atoms with Crippen LogP contribution in [0.2, 0.25) is 0 Å². The number of hydrogen-bond acceptors (Lipinski definition) is 2. The second-order valence-corrected chi connectivity index (χ2v) is 4.34. The summed E-state index contributed by atoms with van der Waals surface area (Å²) < 4.78 is 10.8. The fourth-order valence-electron chi connectivity index (χ4n) is 1.67. The van der Waals surface area contributed by atoms with Gasteiger partial charge in [0.15, 0.2) is 0 Å². The van der Waals surface area contributed by atoms with Gasteiger partial charge in [-0.05, 0) is 38.2 Å². The molecule has 74 valence electrons. The van der Waals surface area contributed by atoms with Gasteiger partial charge in [0.1, 0.15) is 0 Å². The van der Waals surface area contributed by atoms with E-state index in [4.69, 9.17) is 9.47 Å². The SMILES string of the molecule is CC1(CCOC=C2CCCC2)CO1. The molecule has 1 unspecified atom stereocenters. The fourth-order valence-corrected chi connectivity index (χ4v) is 1.67. The highest BCUT2D eigenvalue weighted by Gasteiger charge is 2.38. The molecular weight excluding hydrogens is 164 g/mol. The van der Waals surface area contributed by atoms with Gasteiger partial charge in [0.25, 0.3) is 0 Å². The molecule has 1 atom stereocenters. The number of ether oxygens (including phenoxy) is 2. The van der Waals surface area contributed by atoms with E-state index in [9.17, 15) is 0 Å². The number of hydrogen-bond donors (Lipinski definition) is 0. The van der Waals surface area contributed by atoms with Gasteiger partial charge in [-0.25, -0.2) is 0 Å². The molecule has 2 heteroatoms. The van der Waals surface area contributed by atoms with Crippen LogP contribution in [0.1, 0.15) is 39.0 Å². The summed E-state index contributed by atoms with van der Waals surface area (Å²) in [6.45, 7) is 3.85. The highest BCUT2D eigenvalue weighted by molar-refractivity contribution is 5.02. The Morgan fingerprint density at radius 2 is 2.15 bits per heavy atom. The van der Waals surface area contributed by atoms with E-state index in [1.54, 1.807) is 0 Å². The Morgan fingerprint density at radius 1 is 1.46 bits per heavy atom. The zero-order valence-corrected chi connectivity index (χ0v) is 8.34. The van der Waals surface area contributed by atoms with E-state index in [0.717, 1.165) is 19.6 Å². The summed E-state index contributed by atoms with van der Waals surface area (Å²) in [5, 5.41) is 0. The lowest BCUT2D eigenvalue weighted by molar-refractivity contribution is 0.198. The van der Waals surface area contributed by atoms with E-state index in [1.807, 2.05) is 6.26 Å². The van der Waals surface area contributed by atoms with Crippen LogP contribution in [0.25, 0.3) is 0 Å². The first-order valence-electron chi connectivity index (χ1n) is 5.22. The normalized spacial score (nSPS) is 31.9. The smallest absolute Gasteiger partial charge is 0.0921 e. The average molecular weight is 182 g/mol. The van der Waals surface area contributed by atoms with Crippen LogP contribution < -0.4 is 0 Å². The zero-order chi connectivity index (χ0) is 9.15. The summed E-state index contributed by atoms with van der Waals surface area (Å²) in [5.74, 6) is 0. The van der Waals surface area contributed by atoms with Crippen LogP contribution in [0.4, 0.5) is 0 Å². The maximum Gasteiger partial charge on any atom is 0.0921 e. The Morgan fingerprint density at radius 3 is 2.77 bits per heavy atom. The molecule has 1 saturated heterocycles. The summed E-state index contributed by atoms with van der Waals surface area (Å²) in [7, 11) is 0. The van der Waals surface area contributed by atoms with Crippen molar-refractivity contribution >= 4 is 0 Å². The predicted molar refractivity (Wildman–Crippen MR) is 51.5 cm³/mol. The first kappa shape index (κ1) is 9.07. The predicted octanol–water partition coefficient (Wildman–Crippen LogP) is 2.64. The quantitative estimate of drug-likeness (QED) is 0.379. The van der Waals surface area contributed by atoms with E-state index < -0.39 is 0 Å². The van der Waals surface area contributed by atoms with Crippen molar-refractivity contribution in [2.24, 2.45) is 0 Å². The van der Waals surface area contributed by atoms with Gasteiger partial charge in [0.2, 0.25) is 0 Å². The third kappa shape index (κ3) is 2.73. The Bertz CT molecular complexity index is 196. The molecule has 2 rings (SSSR count). The number of epoxide rings is 1. The zero-order valence-electron chi connectivity index (χ0n) is 8.34. The molecule has 1 aliphatic heterocycles. The lowest BCUT2D eigenvalue weighted by Gasteiger charge is -2.04. The van der Waals surface area contributed by atoms with Crippen molar-refractivity contribution in [3.63, 3.8) is 0 Å². The van der Waals surface area contributed by atoms with Gasteiger partial charge in [-0.3, -0.25) is 0 Å². The molecule has 0 N–H and O–H groups in total. The Kier molecular flexibility index (Phi) is 2.58. The molecule has 0 radical (unpaired) electrons. The van der Waals surface area contributed by atoms with Crippen molar-refractivity contribution in [3.05, 3.63) is 11.8 Å². The monoisotopic (exact) mass is 182 g/mol. The molecule has 1 saturated carbocycles. The Labute approximate surface area is 79.9 Å². The Balaban J connectivity index is 1.60. The second-order valence-electron chi connectivity index (χ2n) is 4.34. The summed E-state index contributed by atoms with van der Waals surface area (Å²) in [4.78, 5) is 0. The molecular formula is C11H18O2. The van der Waals surface area contributed by atoms with Gasteiger partial charge in [-0.1, -0.05) is 0 Å². The van der Waals surface area contributed by atoms with Crippen LogP contribution in [0.15, 0.2) is 11.8 Å². The molecule has 13 heavy (non-hydrogen) atoms.